The molecule has 0 amide bonds. The van der Waals surface area contributed by atoms with Crippen molar-refractivity contribution in [2.24, 2.45) is 0 Å². The van der Waals surface area contributed by atoms with Crippen LogP contribution in [0.1, 0.15) is 1.43 Å². The summed E-state index contributed by atoms with van der Waals surface area (Å²) in [6.07, 6.45) is 1.28. The van der Waals surface area contributed by atoms with Gasteiger partial charge >= 0.3 is 29.6 Å². The van der Waals surface area contributed by atoms with Gasteiger partial charge in [-0.2, -0.15) is 0 Å². The molecular formula is C8H7N2NaO. The number of nitrogens with one attached hydrogen (secondary N) is 1. The molecule has 0 bridgehead atoms. The van der Waals surface area contributed by atoms with Gasteiger partial charge in [0.2, 0.25) is 0 Å². The van der Waals surface area contributed by atoms with Crippen LogP contribution < -0.4 is 35.1 Å². The molecule has 1 aromatic carbocycles. The Morgan fingerprint density at radius 3 is 2.92 bits per heavy atom. The third-order valence-corrected chi connectivity index (χ3v) is 1.48. The average Bonchev–Trinajstić information content (AvgIpc) is 2.04. The van der Waals surface area contributed by atoms with Crippen molar-refractivity contribution in [2.45, 2.75) is 0 Å². The first-order valence-corrected chi connectivity index (χ1v) is 3.30. The molecule has 1 N–H and O–H groups in total. The summed E-state index contributed by atoms with van der Waals surface area (Å²) in [5, 5.41) is 0. The van der Waals surface area contributed by atoms with E-state index in [1.54, 1.807) is 0 Å². The van der Waals surface area contributed by atoms with Gasteiger partial charge in [-0.1, -0.05) is 12.1 Å². The predicted molar refractivity (Wildman–Crippen MR) is 43.5 cm³/mol. The molecule has 0 atom stereocenters. The van der Waals surface area contributed by atoms with Crippen LogP contribution in [0.5, 0.6) is 0 Å². The summed E-state index contributed by atoms with van der Waals surface area (Å²) in [7, 11) is 0. The molecule has 0 aliphatic carbocycles. The monoisotopic (exact) mass is 170 g/mol. The first-order valence-electron chi connectivity index (χ1n) is 3.30. The van der Waals surface area contributed by atoms with Gasteiger partial charge in [0.15, 0.2) is 0 Å². The van der Waals surface area contributed by atoms with Crippen molar-refractivity contribution in [3.05, 3.63) is 40.8 Å². The van der Waals surface area contributed by atoms with Gasteiger partial charge in [0, 0.05) is 0 Å². The molecule has 0 radical (unpaired) electrons. The molecule has 56 valence electrons. The third-order valence-electron chi connectivity index (χ3n) is 1.48. The number of fused-ring (bicyclic) bond motifs is 1. The molecule has 0 fully saturated rings. The Labute approximate surface area is 92.6 Å². The normalized spacial score (nSPS) is 9.33. The van der Waals surface area contributed by atoms with Gasteiger partial charge in [-0.05, 0) is 12.1 Å². The van der Waals surface area contributed by atoms with Gasteiger partial charge in [-0.25, -0.2) is 4.98 Å². The van der Waals surface area contributed by atoms with E-state index < -0.39 is 0 Å². The van der Waals surface area contributed by atoms with Crippen LogP contribution >= 0.6 is 0 Å². The smallest absolute Gasteiger partial charge is 1.00 e. The van der Waals surface area contributed by atoms with E-state index in [2.05, 4.69) is 9.97 Å². The van der Waals surface area contributed by atoms with E-state index >= 15 is 0 Å². The summed E-state index contributed by atoms with van der Waals surface area (Å²) in [5.41, 5.74) is 1.43. The van der Waals surface area contributed by atoms with Crippen LogP contribution in [0.25, 0.3) is 11.0 Å². The number of hydrogen-bond acceptors (Lipinski definition) is 2. The zero-order valence-electron chi connectivity index (χ0n) is 7.74. The molecule has 0 aliphatic rings. The van der Waals surface area contributed by atoms with Crippen molar-refractivity contribution < 1.29 is 31.0 Å². The number of para-hydroxylation sites is 2. The van der Waals surface area contributed by atoms with Crippen molar-refractivity contribution in [1.82, 2.24) is 9.97 Å². The molecule has 1 heterocycles. The summed E-state index contributed by atoms with van der Waals surface area (Å²) < 4.78 is 0. The predicted octanol–water partition coefficient (Wildman–Crippen LogP) is -1.96. The minimum Gasteiger partial charge on any atom is -1.00 e. The molecule has 12 heavy (non-hydrogen) atoms. The molecule has 2 rings (SSSR count). The summed E-state index contributed by atoms with van der Waals surface area (Å²) in [5.74, 6) is 0. The number of H-pyrrole nitrogens is 1. The van der Waals surface area contributed by atoms with Crippen LogP contribution in [0.3, 0.4) is 0 Å². The summed E-state index contributed by atoms with van der Waals surface area (Å²) >= 11 is 0. The second-order valence-corrected chi connectivity index (χ2v) is 2.26. The Morgan fingerprint density at radius 1 is 1.33 bits per heavy atom. The fourth-order valence-electron chi connectivity index (χ4n) is 0.985. The minimum atomic E-state index is -0.163. The Bertz CT molecular complexity index is 443. The SMILES string of the molecule is O=c1cnc2ccccc2[nH]1.[H-].[Na+]. The largest absolute Gasteiger partial charge is 1.00 e. The number of nitrogens with zero attached hydrogens (tertiary/aromatic N) is 1. The third kappa shape index (κ3) is 1.75. The number of benzene rings is 1. The number of aromatic nitrogens is 2. The topological polar surface area (TPSA) is 45.8 Å². The Balaban J connectivity index is 0.000000720. The Kier molecular flexibility index (Phi) is 3.03. The molecule has 4 heteroatoms. The maximum atomic E-state index is 10.8. The fraction of sp³-hybridized carbons (Fsp3) is 0. The quantitative estimate of drug-likeness (QED) is 0.467. The zero-order chi connectivity index (χ0) is 7.68. The maximum Gasteiger partial charge on any atom is 1.00 e. The van der Waals surface area contributed by atoms with Gasteiger partial charge in [0.05, 0.1) is 17.2 Å². The molecule has 1 aromatic heterocycles. The second kappa shape index (κ2) is 3.85. The van der Waals surface area contributed by atoms with Crippen LogP contribution in [0.2, 0.25) is 0 Å². The molecule has 0 saturated carbocycles. The van der Waals surface area contributed by atoms with Gasteiger partial charge in [-0.15, -0.1) is 0 Å². The van der Waals surface area contributed by atoms with Crippen molar-refractivity contribution in [1.29, 1.82) is 0 Å². The molecule has 0 spiro atoms. The first kappa shape index (κ1) is 9.45. The molecule has 0 aliphatic heterocycles. The van der Waals surface area contributed by atoms with Crippen molar-refractivity contribution in [3.63, 3.8) is 0 Å². The Hall–Kier alpha value is -0.640. The molecule has 0 saturated heterocycles. The van der Waals surface area contributed by atoms with Crippen LogP contribution in [-0.2, 0) is 0 Å². The second-order valence-electron chi connectivity index (χ2n) is 2.26. The number of aromatic amines is 1. The van der Waals surface area contributed by atoms with Gasteiger partial charge < -0.3 is 6.41 Å². The molecule has 0 unspecified atom stereocenters. The maximum absolute atomic E-state index is 10.8. The van der Waals surface area contributed by atoms with Crippen molar-refractivity contribution in [2.75, 3.05) is 0 Å². The van der Waals surface area contributed by atoms with Gasteiger partial charge in [0.25, 0.3) is 5.56 Å². The van der Waals surface area contributed by atoms with Crippen LogP contribution in [0.15, 0.2) is 35.3 Å². The first-order chi connectivity index (χ1) is 5.36. The molecular weight excluding hydrogens is 163 g/mol. The van der Waals surface area contributed by atoms with Gasteiger partial charge in [0.1, 0.15) is 0 Å². The van der Waals surface area contributed by atoms with E-state index in [4.69, 9.17) is 0 Å². The van der Waals surface area contributed by atoms with E-state index in [9.17, 15) is 4.79 Å². The molecule has 3 nitrogen and oxygen atoms in total. The van der Waals surface area contributed by atoms with Crippen LogP contribution in [0, 0.1) is 0 Å². The van der Waals surface area contributed by atoms with Gasteiger partial charge in [-0.3, -0.25) is 4.79 Å². The summed E-state index contributed by atoms with van der Waals surface area (Å²) in [6, 6.07) is 7.42. The van der Waals surface area contributed by atoms with Crippen LogP contribution in [-0.4, -0.2) is 9.97 Å². The van der Waals surface area contributed by atoms with E-state index in [1.807, 2.05) is 24.3 Å². The number of rotatable bonds is 0. The summed E-state index contributed by atoms with van der Waals surface area (Å²) in [4.78, 5) is 17.4. The average molecular weight is 170 g/mol. The minimum absolute atomic E-state index is 0. The Morgan fingerprint density at radius 2 is 2.08 bits per heavy atom. The number of hydrogen-bond donors (Lipinski definition) is 1. The van der Waals surface area contributed by atoms with Crippen molar-refractivity contribution >= 4 is 11.0 Å². The molecule has 2 aromatic rings. The van der Waals surface area contributed by atoms with E-state index in [-0.39, 0.29) is 36.5 Å². The zero-order valence-corrected chi connectivity index (χ0v) is 8.74. The van der Waals surface area contributed by atoms with E-state index in [1.165, 1.54) is 6.20 Å². The van der Waals surface area contributed by atoms with Crippen molar-refractivity contribution in [3.8, 4) is 0 Å². The standard InChI is InChI=1S/C8H6N2O.Na.H/c11-8-5-9-6-3-1-2-4-7(6)10-8;;/h1-5H,(H,10,11);;/q;+1;-1. The summed E-state index contributed by atoms with van der Waals surface area (Å²) in [6.45, 7) is 0. The van der Waals surface area contributed by atoms with E-state index in [0.29, 0.717) is 0 Å². The van der Waals surface area contributed by atoms with Crippen LogP contribution in [0.4, 0.5) is 0 Å². The van der Waals surface area contributed by atoms with E-state index in [0.717, 1.165) is 11.0 Å². The fourth-order valence-corrected chi connectivity index (χ4v) is 0.985.